The van der Waals surface area contributed by atoms with Crippen molar-refractivity contribution in [1.29, 1.82) is 0 Å². The molecular formula is C22H23N5O3S. The fraction of sp³-hybridized carbons (Fsp3) is 0.364. The number of rotatable bonds is 5. The highest BCUT2D eigenvalue weighted by molar-refractivity contribution is 7.90. The van der Waals surface area contributed by atoms with Crippen molar-refractivity contribution < 1.29 is 13.2 Å². The van der Waals surface area contributed by atoms with Crippen LogP contribution in [-0.4, -0.2) is 51.9 Å². The van der Waals surface area contributed by atoms with Crippen LogP contribution in [0.15, 0.2) is 35.4 Å². The van der Waals surface area contributed by atoms with Crippen LogP contribution in [0, 0.1) is 12.8 Å². The van der Waals surface area contributed by atoms with Crippen LogP contribution >= 0.6 is 0 Å². The maximum Gasteiger partial charge on any atom is 0.256 e. The Hall–Kier alpha value is -3.07. The Morgan fingerprint density at radius 2 is 1.94 bits per heavy atom. The summed E-state index contributed by atoms with van der Waals surface area (Å²) < 4.78 is 25.2. The number of nitrogens with zero attached hydrogens (tertiary/aromatic N) is 4. The maximum atomic E-state index is 13.2. The summed E-state index contributed by atoms with van der Waals surface area (Å²) in [4.78, 5) is 15.0. The number of sulfone groups is 1. The largest absolute Gasteiger partial charge is 0.331 e. The van der Waals surface area contributed by atoms with E-state index in [1.165, 1.54) is 0 Å². The maximum absolute atomic E-state index is 13.2. The minimum absolute atomic E-state index is 0.0752. The molecule has 3 aromatic rings. The van der Waals surface area contributed by atoms with E-state index in [1.807, 2.05) is 36.9 Å². The number of fused-ring (bicyclic) bond motifs is 1. The minimum Gasteiger partial charge on any atom is -0.331 e. The lowest BCUT2D eigenvalue weighted by atomic mass is 10.0. The zero-order valence-electron chi connectivity index (χ0n) is 17.6. The highest BCUT2D eigenvalue weighted by Gasteiger charge is 2.40. The first-order valence-corrected chi connectivity index (χ1v) is 12.1. The molecule has 31 heavy (non-hydrogen) atoms. The predicted octanol–water partition coefficient (Wildman–Crippen LogP) is 3.00. The number of hydrogen-bond acceptors (Lipinski definition) is 6. The Kier molecular flexibility index (Phi) is 4.47. The van der Waals surface area contributed by atoms with Gasteiger partial charge in [-0.3, -0.25) is 9.89 Å². The van der Waals surface area contributed by atoms with Gasteiger partial charge in [-0.25, -0.2) is 8.42 Å². The third kappa shape index (κ3) is 3.52. The molecule has 5 rings (SSSR count). The molecule has 1 N–H and O–H groups in total. The van der Waals surface area contributed by atoms with Gasteiger partial charge in [-0.05, 0) is 68.0 Å². The first-order chi connectivity index (χ1) is 14.7. The smallest absolute Gasteiger partial charge is 0.256 e. The van der Waals surface area contributed by atoms with E-state index >= 15 is 0 Å². The standard InChI is InChI=1S/C22H23N5O3S/c1-12-6-18(26-24-12)19-8-16(10-23-25-19)15-7-17-11-27(13(2)14-4-5-14)22(28)21(17)20(9-15)31(3,29)30/h6-10,13-14H,4-5,11H2,1-3H3,(H,24,26)/t13-/m0/s1. The number of amides is 1. The highest BCUT2D eigenvalue weighted by Crippen LogP contribution is 2.40. The summed E-state index contributed by atoms with van der Waals surface area (Å²) in [5, 5.41) is 15.3. The van der Waals surface area contributed by atoms with Crippen molar-refractivity contribution in [2.45, 2.75) is 44.2 Å². The van der Waals surface area contributed by atoms with Gasteiger partial charge in [0.2, 0.25) is 0 Å². The summed E-state index contributed by atoms with van der Waals surface area (Å²) in [6.07, 6.45) is 4.98. The molecule has 8 nitrogen and oxygen atoms in total. The molecule has 160 valence electrons. The lowest BCUT2D eigenvalue weighted by molar-refractivity contribution is 0.0694. The highest BCUT2D eigenvalue weighted by atomic mass is 32.2. The molecule has 1 fully saturated rings. The van der Waals surface area contributed by atoms with Crippen LogP contribution < -0.4 is 0 Å². The zero-order chi connectivity index (χ0) is 21.9. The molecular weight excluding hydrogens is 414 g/mol. The van der Waals surface area contributed by atoms with Crippen LogP contribution in [0.2, 0.25) is 0 Å². The molecule has 0 spiro atoms. The summed E-state index contributed by atoms with van der Waals surface area (Å²) in [5.41, 5.74) is 4.65. The van der Waals surface area contributed by atoms with Crippen molar-refractivity contribution >= 4 is 15.7 Å². The second-order valence-electron chi connectivity index (χ2n) is 8.54. The number of nitrogens with one attached hydrogen (secondary N) is 1. The van der Waals surface area contributed by atoms with E-state index < -0.39 is 9.84 Å². The lowest BCUT2D eigenvalue weighted by Crippen LogP contribution is -2.35. The number of aromatic amines is 1. The van der Waals surface area contributed by atoms with Gasteiger partial charge in [-0.15, -0.1) is 5.10 Å². The first kappa shape index (κ1) is 19.9. The van der Waals surface area contributed by atoms with E-state index in [-0.39, 0.29) is 16.8 Å². The lowest BCUT2D eigenvalue weighted by Gasteiger charge is -2.24. The van der Waals surface area contributed by atoms with Crippen LogP contribution in [0.3, 0.4) is 0 Å². The molecule has 1 saturated carbocycles. The molecule has 1 aromatic carbocycles. The number of carbonyl (C=O) groups is 1. The molecule has 1 amide bonds. The van der Waals surface area contributed by atoms with E-state index in [0.29, 0.717) is 29.3 Å². The number of benzene rings is 1. The number of carbonyl (C=O) groups excluding carboxylic acids is 1. The van der Waals surface area contributed by atoms with E-state index in [0.717, 1.165) is 41.6 Å². The molecule has 2 aromatic heterocycles. The van der Waals surface area contributed by atoms with Gasteiger partial charge in [-0.1, -0.05) is 0 Å². The van der Waals surface area contributed by atoms with Crippen molar-refractivity contribution in [3.05, 3.63) is 47.3 Å². The van der Waals surface area contributed by atoms with E-state index in [2.05, 4.69) is 20.4 Å². The SMILES string of the molecule is Cc1cc(-c2cc(-c3cc4c(c(S(C)(=O)=O)c3)C(=O)N([C@@H](C)C3CC3)C4)cnn2)[nH]n1. The third-order valence-electron chi connectivity index (χ3n) is 6.16. The summed E-state index contributed by atoms with van der Waals surface area (Å²) in [7, 11) is -3.60. The molecule has 0 unspecified atom stereocenters. The fourth-order valence-electron chi connectivity index (χ4n) is 4.27. The minimum atomic E-state index is -3.60. The summed E-state index contributed by atoms with van der Waals surface area (Å²) in [5.74, 6) is 0.312. The summed E-state index contributed by atoms with van der Waals surface area (Å²) >= 11 is 0. The van der Waals surface area contributed by atoms with E-state index in [1.54, 1.807) is 12.3 Å². The quantitative estimate of drug-likeness (QED) is 0.657. The van der Waals surface area contributed by atoms with E-state index in [4.69, 9.17) is 0 Å². The third-order valence-corrected chi connectivity index (χ3v) is 7.29. The van der Waals surface area contributed by atoms with Crippen LogP contribution in [0.25, 0.3) is 22.5 Å². The average molecular weight is 438 g/mol. The topological polar surface area (TPSA) is 109 Å². The van der Waals surface area contributed by atoms with Crippen LogP contribution in [-0.2, 0) is 16.4 Å². The second kappa shape index (κ2) is 6.98. The predicted molar refractivity (Wildman–Crippen MR) is 115 cm³/mol. The molecule has 3 heterocycles. The second-order valence-corrected chi connectivity index (χ2v) is 10.5. The number of H-pyrrole nitrogens is 1. The fourth-order valence-corrected chi connectivity index (χ4v) is 5.20. The van der Waals surface area contributed by atoms with Crippen molar-refractivity contribution in [2.24, 2.45) is 5.92 Å². The molecule has 0 bridgehead atoms. The zero-order valence-corrected chi connectivity index (χ0v) is 18.4. The van der Waals surface area contributed by atoms with Gasteiger partial charge >= 0.3 is 0 Å². The molecule has 0 saturated heterocycles. The molecule has 2 aliphatic rings. The molecule has 1 atom stereocenters. The van der Waals surface area contributed by atoms with Gasteiger partial charge < -0.3 is 4.90 Å². The Morgan fingerprint density at radius 1 is 1.16 bits per heavy atom. The molecule has 1 aliphatic carbocycles. The Balaban J connectivity index is 1.61. The van der Waals surface area contributed by atoms with Crippen molar-refractivity contribution in [3.8, 4) is 22.5 Å². The normalized spacial score (nSPS) is 17.1. The van der Waals surface area contributed by atoms with Crippen LogP contribution in [0.4, 0.5) is 0 Å². The summed E-state index contributed by atoms with van der Waals surface area (Å²) in [6, 6.07) is 7.30. The van der Waals surface area contributed by atoms with Crippen molar-refractivity contribution in [1.82, 2.24) is 25.3 Å². The van der Waals surface area contributed by atoms with Gasteiger partial charge in [0.25, 0.3) is 5.91 Å². The number of aromatic nitrogens is 4. The Labute approximate surface area is 180 Å². The first-order valence-electron chi connectivity index (χ1n) is 10.3. The number of hydrogen-bond donors (Lipinski definition) is 1. The van der Waals surface area contributed by atoms with Crippen LogP contribution in [0.5, 0.6) is 0 Å². The van der Waals surface area contributed by atoms with E-state index in [9.17, 15) is 13.2 Å². The van der Waals surface area contributed by atoms with Crippen molar-refractivity contribution in [3.63, 3.8) is 0 Å². The van der Waals surface area contributed by atoms with Crippen LogP contribution in [0.1, 0.15) is 41.4 Å². The Bertz CT molecular complexity index is 1310. The average Bonchev–Trinajstić information content (AvgIpc) is 3.41. The van der Waals surface area contributed by atoms with Gasteiger partial charge in [0.1, 0.15) is 5.69 Å². The van der Waals surface area contributed by atoms with Gasteiger partial charge in [0.15, 0.2) is 9.84 Å². The summed E-state index contributed by atoms with van der Waals surface area (Å²) in [6.45, 7) is 4.35. The number of aryl methyl sites for hydroxylation is 1. The van der Waals surface area contributed by atoms with Gasteiger partial charge in [-0.2, -0.15) is 10.2 Å². The molecule has 1 aliphatic heterocycles. The van der Waals surface area contributed by atoms with Crippen molar-refractivity contribution in [2.75, 3.05) is 6.26 Å². The van der Waals surface area contributed by atoms with Gasteiger partial charge in [0.05, 0.1) is 28.0 Å². The monoisotopic (exact) mass is 437 g/mol. The Morgan fingerprint density at radius 3 is 2.58 bits per heavy atom. The molecule has 9 heteroatoms. The van der Waals surface area contributed by atoms with Gasteiger partial charge in [0, 0.05) is 24.4 Å². The molecule has 0 radical (unpaired) electrons.